The average Bonchev–Trinajstić information content (AvgIpc) is 2.94. The van der Waals surface area contributed by atoms with E-state index in [0.29, 0.717) is 6.42 Å². The van der Waals surface area contributed by atoms with Crippen LogP contribution in [0.5, 0.6) is 0 Å². The summed E-state index contributed by atoms with van der Waals surface area (Å²) in [5.74, 6) is 2.20. The molecule has 0 amide bonds. The molecule has 2 rings (SSSR count). The van der Waals surface area contributed by atoms with Crippen molar-refractivity contribution in [2.45, 2.75) is 84.0 Å². The topological polar surface area (TPSA) is 39.4 Å². The lowest BCUT2D eigenvalue weighted by atomic mass is 9.75. The van der Waals surface area contributed by atoms with Gasteiger partial charge in [0.2, 0.25) is 0 Å². The van der Waals surface area contributed by atoms with Gasteiger partial charge in [0.15, 0.2) is 8.32 Å². The highest BCUT2D eigenvalue weighted by Crippen LogP contribution is 2.54. The fourth-order valence-electron chi connectivity index (χ4n) is 3.49. The highest BCUT2D eigenvalue weighted by Gasteiger charge is 2.52. The van der Waals surface area contributed by atoms with Gasteiger partial charge in [-0.1, -0.05) is 27.7 Å². The third-order valence-corrected chi connectivity index (χ3v) is 10.6. The first-order valence-electron chi connectivity index (χ1n) is 8.69. The first-order chi connectivity index (χ1) is 10.5. The second kappa shape index (κ2) is 6.21. The Morgan fingerprint density at radius 3 is 2.48 bits per heavy atom. The Kier molecular flexibility index (Phi) is 4.98. The van der Waals surface area contributed by atoms with E-state index in [1.165, 1.54) is 0 Å². The SMILES string of the molecule is Cc1ccc([C@@H]2CC[C@H](O[Si](C)(C)C(C)(C)C)[C@@]2(C)CC=O)o1. The van der Waals surface area contributed by atoms with E-state index in [4.69, 9.17) is 8.84 Å². The highest BCUT2D eigenvalue weighted by atomic mass is 28.4. The maximum atomic E-state index is 11.4. The minimum atomic E-state index is -1.86. The van der Waals surface area contributed by atoms with Crippen LogP contribution in [0.2, 0.25) is 18.1 Å². The van der Waals surface area contributed by atoms with Crippen LogP contribution in [-0.2, 0) is 9.22 Å². The second-order valence-electron chi connectivity index (χ2n) is 8.82. The van der Waals surface area contributed by atoms with Crippen molar-refractivity contribution in [2.75, 3.05) is 0 Å². The molecule has 3 atom stereocenters. The fourth-order valence-corrected chi connectivity index (χ4v) is 4.94. The number of rotatable bonds is 5. The molecule has 0 bridgehead atoms. The largest absolute Gasteiger partial charge is 0.466 e. The Hall–Kier alpha value is -0.873. The van der Waals surface area contributed by atoms with E-state index in [0.717, 1.165) is 30.6 Å². The maximum Gasteiger partial charge on any atom is 0.192 e. The van der Waals surface area contributed by atoms with Gasteiger partial charge in [0, 0.05) is 17.8 Å². The molecule has 0 saturated heterocycles. The lowest BCUT2D eigenvalue weighted by Gasteiger charge is -2.43. The van der Waals surface area contributed by atoms with Crippen molar-refractivity contribution in [3.8, 4) is 0 Å². The minimum Gasteiger partial charge on any atom is -0.466 e. The zero-order valence-electron chi connectivity index (χ0n) is 15.7. The molecule has 1 aliphatic rings. The van der Waals surface area contributed by atoms with Gasteiger partial charge in [0.05, 0.1) is 6.10 Å². The summed E-state index contributed by atoms with van der Waals surface area (Å²) in [6.07, 6.45) is 3.73. The standard InChI is InChI=1S/C19H32O3Si/c1-14-8-10-16(21-14)15-9-11-17(19(15,5)12-13-20)22-23(6,7)18(2,3)4/h8,10,13,15,17H,9,11-12H2,1-7H3/t15-,17-,19-/m0/s1. The third-order valence-electron chi connectivity index (χ3n) is 6.12. The summed E-state index contributed by atoms with van der Waals surface area (Å²) in [4.78, 5) is 11.4. The Morgan fingerprint density at radius 2 is 2.00 bits per heavy atom. The van der Waals surface area contributed by atoms with E-state index in [1.54, 1.807) is 0 Å². The second-order valence-corrected chi connectivity index (χ2v) is 13.6. The van der Waals surface area contributed by atoms with Crippen molar-refractivity contribution in [3.05, 3.63) is 23.7 Å². The molecular weight excluding hydrogens is 304 g/mol. The van der Waals surface area contributed by atoms with E-state index in [9.17, 15) is 4.79 Å². The number of hydrogen-bond acceptors (Lipinski definition) is 3. The van der Waals surface area contributed by atoms with Crippen LogP contribution in [0.4, 0.5) is 0 Å². The third kappa shape index (κ3) is 3.48. The van der Waals surface area contributed by atoms with Crippen molar-refractivity contribution in [3.63, 3.8) is 0 Å². The van der Waals surface area contributed by atoms with Crippen LogP contribution < -0.4 is 0 Å². The number of furan rings is 1. The zero-order valence-corrected chi connectivity index (χ0v) is 16.7. The molecule has 4 heteroatoms. The molecule has 1 saturated carbocycles. The van der Waals surface area contributed by atoms with Gasteiger partial charge in [0.25, 0.3) is 0 Å². The van der Waals surface area contributed by atoms with Crippen molar-refractivity contribution < 1.29 is 13.6 Å². The smallest absolute Gasteiger partial charge is 0.192 e. The Balaban J connectivity index is 2.29. The van der Waals surface area contributed by atoms with Gasteiger partial charge in [-0.15, -0.1) is 0 Å². The van der Waals surface area contributed by atoms with Crippen molar-refractivity contribution in [1.29, 1.82) is 0 Å². The van der Waals surface area contributed by atoms with Gasteiger partial charge in [0.1, 0.15) is 17.8 Å². The summed E-state index contributed by atoms with van der Waals surface area (Å²) in [5.41, 5.74) is -0.179. The summed E-state index contributed by atoms with van der Waals surface area (Å²) in [6.45, 7) is 15.5. The van der Waals surface area contributed by atoms with Crippen molar-refractivity contribution >= 4 is 14.6 Å². The van der Waals surface area contributed by atoms with Gasteiger partial charge < -0.3 is 13.6 Å². The lowest BCUT2D eigenvalue weighted by Crippen LogP contribution is -2.47. The molecule has 1 fully saturated rings. The molecule has 130 valence electrons. The predicted molar refractivity (Wildman–Crippen MR) is 96.3 cm³/mol. The van der Waals surface area contributed by atoms with E-state index in [-0.39, 0.29) is 22.5 Å². The predicted octanol–water partition coefficient (Wildman–Crippen LogP) is 5.45. The summed E-state index contributed by atoms with van der Waals surface area (Å²) in [5, 5.41) is 0.175. The molecule has 3 nitrogen and oxygen atoms in total. The molecule has 0 aromatic carbocycles. The molecule has 1 aromatic rings. The first-order valence-corrected chi connectivity index (χ1v) is 11.6. The van der Waals surface area contributed by atoms with Crippen LogP contribution in [-0.4, -0.2) is 20.7 Å². The highest BCUT2D eigenvalue weighted by molar-refractivity contribution is 6.74. The number of hydrogen-bond donors (Lipinski definition) is 0. The first kappa shape index (κ1) is 18.5. The normalized spacial score (nSPS) is 29.0. The Morgan fingerprint density at radius 1 is 1.35 bits per heavy atom. The summed E-state index contributed by atoms with van der Waals surface area (Å²) < 4.78 is 12.6. The molecule has 0 radical (unpaired) electrons. The molecule has 0 spiro atoms. The van der Waals surface area contributed by atoms with Crippen LogP contribution in [0, 0.1) is 12.3 Å². The number of carbonyl (C=O) groups excluding carboxylic acids is 1. The minimum absolute atomic E-state index is 0.129. The molecule has 1 aromatic heterocycles. The number of aldehydes is 1. The average molecular weight is 337 g/mol. The van der Waals surface area contributed by atoms with Gasteiger partial charge >= 0.3 is 0 Å². The molecule has 0 N–H and O–H groups in total. The monoisotopic (exact) mass is 336 g/mol. The van der Waals surface area contributed by atoms with E-state index in [2.05, 4.69) is 46.9 Å². The Bertz CT molecular complexity index is 555. The van der Waals surface area contributed by atoms with Crippen LogP contribution in [0.15, 0.2) is 16.5 Å². The Labute approximate surface area is 141 Å². The molecule has 0 unspecified atom stereocenters. The van der Waals surface area contributed by atoms with Crippen LogP contribution in [0.25, 0.3) is 0 Å². The van der Waals surface area contributed by atoms with E-state index >= 15 is 0 Å². The van der Waals surface area contributed by atoms with Gasteiger partial charge in [-0.05, 0) is 50.0 Å². The van der Waals surface area contributed by atoms with Gasteiger partial charge in [-0.2, -0.15) is 0 Å². The number of aryl methyl sites for hydroxylation is 1. The fraction of sp³-hybridized carbons (Fsp3) is 0.737. The van der Waals surface area contributed by atoms with Crippen LogP contribution >= 0.6 is 0 Å². The lowest BCUT2D eigenvalue weighted by molar-refractivity contribution is -0.111. The quantitative estimate of drug-likeness (QED) is 0.530. The summed E-state index contributed by atoms with van der Waals surface area (Å²) in [7, 11) is -1.86. The number of carbonyl (C=O) groups is 1. The van der Waals surface area contributed by atoms with Crippen LogP contribution in [0.3, 0.4) is 0 Å². The van der Waals surface area contributed by atoms with Crippen LogP contribution in [0.1, 0.15) is 64.4 Å². The molecular formula is C19H32O3Si. The zero-order chi connectivity index (χ0) is 17.5. The molecule has 0 aliphatic heterocycles. The molecule has 1 heterocycles. The van der Waals surface area contributed by atoms with E-state index in [1.807, 2.05) is 13.0 Å². The van der Waals surface area contributed by atoms with Gasteiger partial charge in [-0.3, -0.25) is 0 Å². The van der Waals surface area contributed by atoms with Crippen molar-refractivity contribution in [2.24, 2.45) is 5.41 Å². The molecule has 1 aliphatic carbocycles. The van der Waals surface area contributed by atoms with Crippen molar-refractivity contribution in [1.82, 2.24) is 0 Å². The van der Waals surface area contributed by atoms with E-state index < -0.39 is 8.32 Å². The summed E-state index contributed by atoms with van der Waals surface area (Å²) >= 11 is 0. The summed E-state index contributed by atoms with van der Waals surface area (Å²) in [6, 6.07) is 4.08. The van der Waals surface area contributed by atoms with Gasteiger partial charge in [-0.25, -0.2) is 0 Å². The molecule has 23 heavy (non-hydrogen) atoms. The maximum absolute atomic E-state index is 11.4.